The molecule has 3 nitrogen and oxygen atoms in total. The van der Waals surface area contributed by atoms with Gasteiger partial charge in [-0.05, 0) is 24.1 Å². The molecular weight excluding hydrogens is 301 g/mol. The predicted octanol–water partition coefficient (Wildman–Crippen LogP) is 3.62. The number of sulfonamides is 1. The fraction of sp³-hybridized carbons (Fsp3) is 0.571. The normalized spacial score (nSPS) is 13.7. The van der Waals surface area contributed by atoms with Crippen LogP contribution in [0.4, 0.5) is 4.39 Å². The van der Waals surface area contributed by atoms with E-state index < -0.39 is 15.8 Å². The largest absolute Gasteiger partial charge is 0.243 e. The Balaban J connectivity index is 3.13. The summed E-state index contributed by atoms with van der Waals surface area (Å²) in [6.07, 6.45) is 0.905. The molecule has 1 rings (SSSR count). The summed E-state index contributed by atoms with van der Waals surface area (Å²) in [5.74, 6) is -0.256. The van der Waals surface area contributed by atoms with Crippen LogP contribution in [-0.2, 0) is 15.9 Å². The highest BCUT2D eigenvalue weighted by Gasteiger charge is 2.25. The average Bonchev–Trinajstić information content (AvgIpc) is 2.44. The van der Waals surface area contributed by atoms with Crippen molar-refractivity contribution in [2.45, 2.75) is 38.0 Å². The van der Waals surface area contributed by atoms with Crippen LogP contribution in [0.2, 0.25) is 0 Å². The molecule has 0 heterocycles. The van der Waals surface area contributed by atoms with Gasteiger partial charge in [0.15, 0.2) is 0 Å². The van der Waals surface area contributed by atoms with Crippen molar-refractivity contribution in [3.8, 4) is 0 Å². The van der Waals surface area contributed by atoms with E-state index in [1.807, 2.05) is 13.8 Å². The molecule has 114 valence electrons. The predicted molar refractivity (Wildman–Crippen MR) is 79.8 cm³/mol. The Bertz CT molecular complexity index is 548. The van der Waals surface area contributed by atoms with Gasteiger partial charge in [-0.1, -0.05) is 27.2 Å². The molecule has 1 aromatic carbocycles. The molecule has 0 spiro atoms. The molecule has 0 aromatic heterocycles. The van der Waals surface area contributed by atoms with Crippen LogP contribution in [0.3, 0.4) is 0 Å². The molecule has 0 aliphatic carbocycles. The molecule has 0 radical (unpaired) electrons. The Hall–Kier alpha value is -0.650. The number of hydrogen-bond donors (Lipinski definition) is 0. The lowest BCUT2D eigenvalue weighted by Gasteiger charge is -2.23. The Morgan fingerprint density at radius 2 is 2.00 bits per heavy atom. The Labute approximate surface area is 125 Å². The van der Waals surface area contributed by atoms with Crippen LogP contribution >= 0.6 is 11.6 Å². The van der Waals surface area contributed by atoms with Gasteiger partial charge >= 0.3 is 0 Å². The van der Waals surface area contributed by atoms with E-state index in [0.29, 0.717) is 13.1 Å². The summed E-state index contributed by atoms with van der Waals surface area (Å²) in [5.41, 5.74) is 0.201. The summed E-state index contributed by atoms with van der Waals surface area (Å²) in [6, 6.07) is 3.76. The van der Waals surface area contributed by atoms with Crippen LogP contribution in [0.15, 0.2) is 23.1 Å². The number of hydrogen-bond acceptors (Lipinski definition) is 2. The maximum atomic E-state index is 13.4. The molecule has 0 bridgehead atoms. The van der Waals surface area contributed by atoms with Gasteiger partial charge in [-0.3, -0.25) is 0 Å². The van der Waals surface area contributed by atoms with Gasteiger partial charge in [0.25, 0.3) is 0 Å². The maximum absolute atomic E-state index is 13.4. The van der Waals surface area contributed by atoms with Gasteiger partial charge in [-0.25, -0.2) is 12.8 Å². The van der Waals surface area contributed by atoms with Gasteiger partial charge < -0.3 is 0 Å². The van der Waals surface area contributed by atoms with Crippen molar-refractivity contribution >= 4 is 21.6 Å². The minimum atomic E-state index is -3.60. The van der Waals surface area contributed by atoms with Crippen LogP contribution in [0.25, 0.3) is 0 Å². The summed E-state index contributed by atoms with van der Waals surface area (Å²) in [6.45, 7) is 6.68. The van der Waals surface area contributed by atoms with E-state index >= 15 is 0 Å². The van der Waals surface area contributed by atoms with Crippen molar-refractivity contribution in [2.24, 2.45) is 5.92 Å². The van der Waals surface area contributed by atoms with Crippen molar-refractivity contribution in [3.63, 3.8) is 0 Å². The number of rotatable bonds is 7. The SMILES string of the molecule is CCC(C)CN(CC)S(=O)(=O)c1ccc(F)c(CCl)c1. The minimum Gasteiger partial charge on any atom is -0.207 e. The molecular formula is C14H21ClFNO2S. The van der Waals surface area contributed by atoms with E-state index in [9.17, 15) is 12.8 Å². The molecule has 6 heteroatoms. The highest BCUT2D eigenvalue weighted by Crippen LogP contribution is 2.21. The Kier molecular flexibility index (Phi) is 6.43. The maximum Gasteiger partial charge on any atom is 0.243 e. The van der Waals surface area contributed by atoms with Gasteiger partial charge in [0.05, 0.1) is 10.8 Å². The molecule has 1 aromatic rings. The lowest BCUT2D eigenvalue weighted by molar-refractivity contribution is 0.361. The third-order valence-corrected chi connectivity index (χ3v) is 5.59. The summed E-state index contributed by atoms with van der Waals surface area (Å²) in [5, 5.41) is 0. The molecule has 20 heavy (non-hydrogen) atoms. The zero-order chi connectivity index (χ0) is 15.3. The molecule has 0 fully saturated rings. The number of benzene rings is 1. The van der Waals surface area contributed by atoms with Gasteiger partial charge in [0, 0.05) is 18.7 Å². The van der Waals surface area contributed by atoms with Crippen molar-refractivity contribution in [3.05, 3.63) is 29.6 Å². The highest BCUT2D eigenvalue weighted by molar-refractivity contribution is 7.89. The van der Waals surface area contributed by atoms with Crippen LogP contribution in [-0.4, -0.2) is 25.8 Å². The molecule has 0 N–H and O–H groups in total. The molecule has 0 amide bonds. The topological polar surface area (TPSA) is 37.4 Å². The van der Waals surface area contributed by atoms with Crippen molar-refractivity contribution in [2.75, 3.05) is 13.1 Å². The standard InChI is InChI=1S/C14H21ClFNO2S/c1-4-11(3)10-17(5-2)20(18,19)13-6-7-14(16)12(8-13)9-15/h6-8,11H,4-5,9-10H2,1-3H3. The highest BCUT2D eigenvalue weighted by atomic mass is 35.5. The first kappa shape index (κ1) is 17.4. The first-order valence-corrected chi connectivity index (χ1v) is 8.68. The average molecular weight is 322 g/mol. The minimum absolute atomic E-state index is 0.0489. The Morgan fingerprint density at radius 3 is 2.50 bits per heavy atom. The van der Waals surface area contributed by atoms with Gasteiger partial charge in [0.2, 0.25) is 10.0 Å². The fourth-order valence-electron chi connectivity index (χ4n) is 1.84. The second-order valence-electron chi connectivity index (χ2n) is 4.86. The van der Waals surface area contributed by atoms with E-state index in [-0.39, 0.29) is 22.3 Å². The van der Waals surface area contributed by atoms with Gasteiger partial charge in [-0.15, -0.1) is 11.6 Å². The lowest BCUT2D eigenvalue weighted by atomic mass is 10.1. The van der Waals surface area contributed by atoms with E-state index in [1.54, 1.807) is 6.92 Å². The summed E-state index contributed by atoms with van der Waals surface area (Å²) < 4.78 is 39.9. The number of nitrogens with zero attached hydrogens (tertiary/aromatic N) is 1. The van der Waals surface area contributed by atoms with E-state index in [2.05, 4.69) is 0 Å². The third-order valence-electron chi connectivity index (χ3n) is 3.36. The smallest absolute Gasteiger partial charge is 0.207 e. The summed E-state index contributed by atoms with van der Waals surface area (Å²) in [4.78, 5) is 0.0969. The van der Waals surface area contributed by atoms with Crippen LogP contribution in [0.5, 0.6) is 0 Å². The molecule has 0 aliphatic heterocycles. The molecule has 0 aliphatic rings. The second-order valence-corrected chi connectivity index (χ2v) is 7.06. The first-order chi connectivity index (χ1) is 9.36. The quantitative estimate of drug-likeness (QED) is 0.719. The van der Waals surface area contributed by atoms with E-state index in [1.165, 1.54) is 16.4 Å². The summed E-state index contributed by atoms with van der Waals surface area (Å²) in [7, 11) is -3.60. The Morgan fingerprint density at radius 1 is 1.35 bits per heavy atom. The molecule has 1 atom stereocenters. The molecule has 0 saturated heterocycles. The fourth-order valence-corrected chi connectivity index (χ4v) is 3.66. The van der Waals surface area contributed by atoms with Crippen LogP contribution < -0.4 is 0 Å². The molecule has 0 saturated carbocycles. The van der Waals surface area contributed by atoms with E-state index in [4.69, 9.17) is 11.6 Å². The zero-order valence-corrected chi connectivity index (χ0v) is 13.6. The van der Waals surface area contributed by atoms with Crippen molar-refractivity contribution < 1.29 is 12.8 Å². The third kappa shape index (κ3) is 3.93. The second kappa shape index (κ2) is 7.38. The number of alkyl halides is 1. The van der Waals surface area contributed by atoms with Crippen LogP contribution in [0.1, 0.15) is 32.8 Å². The van der Waals surface area contributed by atoms with Crippen molar-refractivity contribution in [1.82, 2.24) is 4.31 Å². The van der Waals surface area contributed by atoms with Gasteiger partial charge in [-0.2, -0.15) is 4.31 Å². The first-order valence-electron chi connectivity index (χ1n) is 6.71. The van der Waals surface area contributed by atoms with Crippen molar-refractivity contribution in [1.29, 1.82) is 0 Å². The number of halogens is 2. The lowest BCUT2D eigenvalue weighted by Crippen LogP contribution is -2.34. The molecule has 1 unspecified atom stereocenters. The monoisotopic (exact) mass is 321 g/mol. The van der Waals surface area contributed by atoms with Gasteiger partial charge in [0.1, 0.15) is 5.82 Å². The van der Waals surface area contributed by atoms with E-state index in [0.717, 1.165) is 12.5 Å². The van der Waals surface area contributed by atoms with Crippen LogP contribution in [0, 0.1) is 11.7 Å². The summed E-state index contributed by atoms with van der Waals surface area (Å²) >= 11 is 5.63. The zero-order valence-electron chi connectivity index (χ0n) is 12.1.